The van der Waals surface area contributed by atoms with Gasteiger partial charge in [-0.3, -0.25) is 4.90 Å². The van der Waals surface area contributed by atoms with E-state index in [2.05, 4.69) is 20.8 Å². The van der Waals surface area contributed by atoms with Crippen molar-refractivity contribution >= 4 is 27.5 Å². The third kappa shape index (κ3) is 2.71. The van der Waals surface area contributed by atoms with Crippen molar-refractivity contribution in [3.8, 4) is 0 Å². The molecule has 0 radical (unpaired) electrons. The van der Waals surface area contributed by atoms with Crippen molar-refractivity contribution in [2.75, 3.05) is 13.1 Å². The second-order valence-electron chi connectivity index (χ2n) is 3.83. The first kappa shape index (κ1) is 11.4. The highest BCUT2D eigenvalue weighted by molar-refractivity contribution is 9.09. The fourth-order valence-electron chi connectivity index (χ4n) is 1.84. The minimum atomic E-state index is -0.280. The van der Waals surface area contributed by atoms with Gasteiger partial charge in [0.1, 0.15) is 5.82 Å². The average Bonchev–Trinajstić information content (AvgIpc) is 2.59. The molecule has 1 fully saturated rings. The fourth-order valence-corrected chi connectivity index (χ4v) is 2.65. The van der Waals surface area contributed by atoms with Crippen LogP contribution in [0.4, 0.5) is 4.39 Å². The minimum absolute atomic E-state index is 0.210. The zero-order valence-corrected chi connectivity index (χ0v) is 10.6. The standard InChI is InChI=1S/C11H12BrClFN/c12-9-4-5-15(7-9)6-8-2-1-3-10(13)11(8)14/h1-3,9H,4-7H2. The average molecular weight is 293 g/mol. The first-order chi connectivity index (χ1) is 7.16. The summed E-state index contributed by atoms with van der Waals surface area (Å²) >= 11 is 9.29. The van der Waals surface area contributed by atoms with E-state index in [9.17, 15) is 4.39 Å². The van der Waals surface area contributed by atoms with Crippen molar-refractivity contribution in [3.63, 3.8) is 0 Å². The van der Waals surface area contributed by atoms with Crippen LogP contribution in [0.25, 0.3) is 0 Å². The van der Waals surface area contributed by atoms with Gasteiger partial charge in [0, 0.05) is 23.5 Å². The van der Waals surface area contributed by atoms with Gasteiger partial charge in [0.15, 0.2) is 0 Å². The second-order valence-corrected chi connectivity index (χ2v) is 5.54. The van der Waals surface area contributed by atoms with Crippen LogP contribution in [0.2, 0.25) is 5.02 Å². The molecular weight excluding hydrogens is 280 g/mol. The molecule has 1 nitrogen and oxygen atoms in total. The molecule has 1 aromatic rings. The number of nitrogens with zero attached hydrogens (tertiary/aromatic N) is 1. The summed E-state index contributed by atoms with van der Waals surface area (Å²) in [6, 6.07) is 5.17. The number of benzene rings is 1. The molecule has 0 N–H and O–H groups in total. The van der Waals surface area contributed by atoms with E-state index in [1.54, 1.807) is 18.2 Å². The normalized spacial score (nSPS) is 22.2. The molecule has 0 aromatic heterocycles. The summed E-state index contributed by atoms with van der Waals surface area (Å²) in [5.41, 5.74) is 0.684. The Labute approximate surface area is 102 Å². The molecule has 82 valence electrons. The Bertz CT molecular complexity index is 358. The van der Waals surface area contributed by atoms with E-state index in [-0.39, 0.29) is 10.8 Å². The van der Waals surface area contributed by atoms with E-state index in [0.717, 1.165) is 19.5 Å². The molecule has 1 aliphatic rings. The van der Waals surface area contributed by atoms with Crippen LogP contribution in [0.1, 0.15) is 12.0 Å². The number of rotatable bonds is 2. The van der Waals surface area contributed by atoms with Gasteiger partial charge in [0.2, 0.25) is 0 Å². The molecule has 1 atom stereocenters. The van der Waals surface area contributed by atoms with Gasteiger partial charge < -0.3 is 0 Å². The smallest absolute Gasteiger partial charge is 0.146 e. The van der Waals surface area contributed by atoms with Gasteiger partial charge >= 0.3 is 0 Å². The SMILES string of the molecule is Fc1c(Cl)cccc1CN1CCC(Br)C1. The van der Waals surface area contributed by atoms with Gasteiger partial charge in [-0.25, -0.2) is 4.39 Å². The van der Waals surface area contributed by atoms with E-state index in [4.69, 9.17) is 11.6 Å². The van der Waals surface area contributed by atoms with Crippen LogP contribution in [-0.4, -0.2) is 22.8 Å². The summed E-state index contributed by atoms with van der Waals surface area (Å²) in [6.45, 7) is 2.64. The van der Waals surface area contributed by atoms with Crippen LogP contribution in [0.3, 0.4) is 0 Å². The maximum absolute atomic E-state index is 13.6. The molecule has 1 saturated heterocycles. The lowest BCUT2D eigenvalue weighted by Crippen LogP contribution is -2.20. The largest absolute Gasteiger partial charge is 0.298 e. The lowest BCUT2D eigenvalue weighted by molar-refractivity contribution is 0.326. The van der Waals surface area contributed by atoms with Crippen LogP contribution in [0.5, 0.6) is 0 Å². The maximum atomic E-state index is 13.6. The predicted octanol–water partition coefficient (Wildman–Crippen LogP) is 3.45. The van der Waals surface area contributed by atoms with Gasteiger partial charge in [-0.15, -0.1) is 0 Å². The highest BCUT2D eigenvalue weighted by atomic mass is 79.9. The van der Waals surface area contributed by atoms with Gasteiger partial charge in [-0.05, 0) is 19.0 Å². The van der Waals surface area contributed by atoms with Crippen LogP contribution in [0, 0.1) is 5.82 Å². The molecule has 2 rings (SSSR count). The molecule has 1 unspecified atom stereocenters. The molecule has 1 aliphatic heterocycles. The zero-order valence-electron chi connectivity index (χ0n) is 8.22. The lowest BCUT2D eigenvalue weighted by atomic mass is 10.2. The topological polar surface area (TPSA) is 3.24 Å². The van der Waals surface area contributed by atoms with Crippen LogP contribution < -0.4 is 0 Å². The number of hydrogen-bond acceptors (Lipinski definition) is 1. The molecule has 1 aromatic carbocycles. The van der Waals surface area contributed by atoms with Crippen molar-refractivity contribution in [1.82, 2.24) is 4.90 Å². The Morgan fingerprint density at radius 1 is 1.53 bits per heavy atom. The molecule has 0 amide bonds. The van der Waals surface area contributed by atoms with Crippen molar-refractivity contribution < 1.29 is 4.39 Å². The number of likely N-dealkylation sites (tertiary alicyclic amines) is 1. The summed E-state index contributed by atoms with van der Waals surface area (Å²) in [5, 5.41) is 0.210. The summed E-state index contributed by atoms with van der Waals surface area (Å²) in [7, 11) is 0. The molecule has 0 bridgehead atoms. The number of alkyl halides is 1. The third-order valence-electron chi connectivity index (χ3n) is 2.64. The molecule has 4 heteroatoms. The monoisotopic (exact) mass is 291 g/mol. The Kier molecular flexibility index (Phi) is 3.65. The minimum Gasteiger partial charge on any atom is -0.298 e. The van der Waals surface area contributed by atoms with Gasteiger partial charge in [-0.1, -0.05) is 39.7 Å². The van der Waals surface area contributed by atoms with Crippen molar-refractivity contribution in [1.29, 1.82) is 0 Å². The Morgan fingerprint density at radius 3 is 3.00 bits per heavy atom. The van der Waals surface area contributed by atoms with Crippen LogP contribution >= 0.6 is 27.5 Å². The third-order valence-corrected chi connectivity index (χ3v) is 3.68. The van der Waals surface area contributed by atoms with Gasteiger partial charge in [0.05, 0.1) is 5.02 Å². The van der Waals surface area contributed by atoms with E-state index in [1.165, 1.54) is 0 Å². The van der Waals surface area contributed by atoms with Crippen molar-refractivity contribution in [3.05, 3.63) is 34.6 Å². The number of hydrogen-bond donors (Lipinski definition) is 0. The second kappa shape index (κ2) is 4.81. The van der Waals surface area contributed by atoms with E-state index in [1.807, 2.05) is 0 Å². The van der Waals surface area contributed by atoms with Crippen molar-refractivity contribution in [2.24, 2.45) is 0 Å². The molecule has 1 heterocycles. The molecule has 0 spiro atoms. The zero-order chi connectivity index (χ0) is 10.8. The predicted molar refractivity (Wildman–Crippen MR) is 64.0 cm³/mol. The van der Waals surface area contributed by atoms with Gasteiger partial charge in [0.25, 0.3) is 0 Å². The summed E-state index contributed by atoms with van der Waals surface area (Å²) in [5.74, 6) is -0.280. The maximum Gasteiger partial charge on any atom is 0.146 e. The van der Waals surface area contributed by atoms with Crippen LogP contribution in [0.15, 0.2) is 18.2 Å². The van der Waals surface area contributed by atoms with E-state index < -0.39 is 0 Å². The highest BCUT2D eigenvalue weighted by Crippen LogP contribution is 2.22. The fraction of sp³-hybridized carbons (Fsp3) is 0.455. The first-order valence-corrected chi connectivity index (χ1v) is 6.25. The van der Waals surface area contributed by atoms with Crippen molar-refractivity contribution in [2.45, 2.75) is 17.8 Å². The molecular formula is C11H12BrClFN. The van der Waals surface area contributed by atoms with Crippen LogP contribution in [-0.2, 0) is 6.54 Å². The summed E-state index contributed by atoms with van der Waals surface area (Å²) in [6.07, 6.45) is 1.13. The summed E-state index contributed by atoms with van der Waals surface area (Å²) < 4.78 is 13.6. The Balaban J connectivity index is 2.07. The summed E-state index contributed by atoms with van der Waals surface area (Å²) in [4.78, 5) is 2.77. The van der Waals surface area contributed by atoms with E-state index in [0.29, 0.717) is 16.9 Å². The lowest BCUT2D eigenvalue weighted by Gasteiger charge is -2.15. The number of halogens is 3. The van der Waals surface area contributed by atoms with Gasteiger partial charge in [-0.2, -0.15) is 0 Å². The molecule has 0 aliphatic carbocycles. The molecule has 0 saturated carbocycles. The molecule has 15 heavy (non-hydrogen) atoms. The first-order valence-electron chi connectivity index (χ1n) is 4.96. The quantitative estimate of drug-likeness (QED) is 0.755. The Hall–Kier alpha value is -0.120. The Morgan fingerprint density at radius 2 is 2.33 bits per heavy atom. The van der Waals surface area contributed by atoms with E-state index >= 15 is 0 Å². The highest BCUT2D eigenvalue weighted by Gasteiger charge is 2.21.